The highest BCUT2D eigenvalue weighted by molar-refractivity contribution is 6.22. The van der Waals surface area contributed by atoms with Crippen LogP contribution in [0.4, 0.5) is 0 Å². The molecule has 0 nitrogen and oxygen atoms in total. The summed E-state index contributed by atoms with van der Waals surface area (Å²) in [7, 11) is 0. The van der Waals surface area contributed by atoms with Crippen LogP contribution in [0.1, 0.15) is 49.9 Å². The zero-order valence-corrected chi connectivity index (χ0v) is 34.5. The smallest absolute Gasteiger partial charge is 0.0159 e. The first kappa shape index (κ1) is 35.0. The van der Waals surface area contributed by atoms with E-state index in [-0.39, 0.29) is 10.8 Å². The Morgan fingerprint density at radius 1 is 0.250 bits per heavy atom. The Kier molecular flexibility index (Phi) is 7.42. The molecule has 2 aliphatic rings. The van der Waals surface area contributed by atoms with E-state index in [1.165, 1.54) is 121 Å². The van der Waals surface area contributed by atoms with Crippen molar-refractivity contribution in [1.82, 2.24) is 0 Å². The lowest BCUT2D eigenvalue weighted by Crippen LogP contribution is -2.15. The van der Waals surface area contributed by atoms with E-state index in [9.17, 15) is 0 Å². The number of rotatable bonds is 4. The Hall–Kier alpha value is -7.02. The van der Waals surface area contributed by atoms with E-state index in [4.69, 9.17) is 0 Å². The van der Waals surface area contributed by atoms with Crippen molar-refractivity contribution in [3.8, 4) is 66.8 Å². The predicted molar refractivity (Wildman–Crippen MR) is 256 cm³/mol. The van der Waals surface area contributed by atoms with Crippen molar-refractivity contribution >= 4 is 32.3 Å². The Labute approximate surface area is 352 Å². The molecule has 0 heterocycles. The van der Waals surface area contributed by atoms with Crippen molar-refractivity contribution in [2.24, 2.45) is 0 Å². The lowest BCUT2D eigenvalue weighted by Gasteiger charge is -2.24. The largest absolute Gasteiger partial charge is 0.0622 e. The standard InChI is InChI=1S/C60H44/c1-59(2)53-24-13-12-20-45(53)51-34-41(28-32-54(51)59)58-49-22-11-10-21-48(49)57(50-31-26-40(33-52(50)58)44-23-14-18-38-17-8-9-19-43(38)44)42-27-30-47-46-29-25-39(37-15-6-5-7-16-37)35-55(46)60(3,4)56(47)36-42/h5-36H,1-4H3. The molecule has 60 heavy (non-hydrogen) atoms. The summed E-state index contributed by atoms with van der Waals surface area (Å²) >= 11 is 0. The third kappa shape index (κ3) is 4.98. The molecule has 0 spiro atoms. The highest BCUT2D eigenvalue weighted by Crippen LogP contribution is 2.54. The first-order valence-electron chi connectivity index (χ1n) is 21.3. The van der Waals surface area contributed by atoms with Gasteiger partial charge in [0.15, 0.2) is 0 Å². The Balaban J connectivity index is 1.12. The quantitative estimate of drug-likeness (QED) is 0.157. The third-order valence-corrected chi connectivity index (χ3v) is 14.1. The van der Waals surface area contributed by atoms with Gasteiger partial charge in [-0.15, -0.1) is 0 Å². The predicted octanol–water partition coefficient (Wildman–Crippen LogP) is 16.4. The highest BCUT2D eigenvalue weighted by Gasteiger charge is 2.37. The van der Waals surface area contributed by atoms with Crippen LogP contribution in [0.3, 0.4) is 0 Å². The van der Waals surface area contributed by atoms with E-state index < -0.39 is 0 Å². The molecule has 0 N–H and O–H groups in total. The summed E-state index contributed by atoms with van der Waals surface area (Å²) in [5, 5.41) is 7.62. The van der Waals surface area contributed by atoms with Crippen LogP contribution in [-0.4, -0.2) is 0 Å². The van der Waals surface area contributed by atoms with Gasteiger partial charge >= 0.3 is 0 Å². The summed E-state index contributed by atoms with van der Waals surface area (Å²) in [6.07, 6.45) is 0. The van der Waals surface area contributed by atoms with Crippen LogP contribution in [0.15, 0.2) is 194 Å². The van der Waals surface area contributed by atoms with Crippen molar-refractivity contribution < 1.29 is 0 Å². The van der Waals surface area contributed by atoms with Gasteiger partial charge in [0, 0.05) is 10.8 Å². The summed E-state index contributed by atoms with van der Waals surface area (Å²) in [6.45, 7) is 9.54. The molecule has 0 saturated carbocycles. The number of hydrogen-bond donors (Lipinski definition) is 0. The first-order valence-corrected chi connectivity index (χ1v) is 21.3. The lowest BCUT2D eigenvalue weighted by molar-refractivity contribution is 0.660. The van der Waals surface area contributed by atoms with Crippen molar-refractivity contribution in [1.29, 1.82) is 0 Å². The fourth-order valence-corrected chi connectivity index (χ4v) is 11.0. The molecule has 10 aromatic carbocycles. The number of fused-ring (bicyclic) bond motifs is 9. The van der Waals surface area contributed by atoms with Crippen molar-refractivity contribution in [3.63, 3.8) is 0 Å². The Bertz CT molecular complexity index is 3410. The van der Waals surface area contributed by atoms with Crippen LogP contribution < -0.4 is 0 Å². The molecular weight excluding hydrogens is 721 g/mol. The van der Waals surface area contributed by atoms with Gasteiger partial charge in [0.2, 0.25) is 0 Å². The molecule has 0 saturated heterocycles. The molecule has 284 valence electrons. The molecule has 2 aliphatic carbocycles. The second-order valence-electron chi connectivity index (χ2n) is 18.0. The van der Waals surface area contributed by atoms with Crippen LogP contribution >= 0.6 is 0 Å². The highest BCUT2D eigenvalue weighted by atomic mass is 14.4. The molecule has 0 radical (unpaired) electrons. The van der Waals surface area contributed by atoms with E-state index in [1.807, 2.05) is 0 Å². The summed E-state index contributed by atoms with van der Waals surface area (Å²) < 4.78 is 0. The SMILES string of the molecule is CC1(C)c2ccccc2-c2cc(-c3c4ccccc4c(-c4ccc5c(c4)C(C)(C)c4cc(-c6ccccc6)ccc4-5)c4ccc(-c5cccc6ccccc56)cc34)ccc21. The van der Waals surface area contributed by atoms with Crippen LogP contribution in [0.2, 0.25) is 0 Å². The molecule has 0 amide bonds. The fraction of sp³-hybridized carbons (Fsp3) is 0.100. The zero-order valence-electron chi connectivity index (χ0n) is 34.5. The molecule has 0 heteroatoms. The van der Waals surface area contributed by atoms with Gasteiger partial charge in [-0.1, -0.05) is 198 Å². The molecule has 0 atom stereocenters. The molecule has 0 unspecified atom stereocenters. The monoisotopic (exact) mass is 764 g/mol. The molecular formula is C60H44. The van der Waals surface area contributed by atoms with Gasteiger partial charge in [0.05, 0.1) is 0 Å². The maximum atomic E-state index is 2.51. The average molecular weight is 765 g/mol. The van der Waals surface area contributed by atoms with E-state index in [0.717, 1.165) is 0 Å². The first-order chi connectivity index (χ1) is 29.3. The molecule has 0 fully saturated rings. The van der Waals surface area contributed by atoms with Gasteiger partial charge in [-0.05, 0) is 146 Å². The van der Waals surface area contributed by atoms with E-state index in [2.05, 4.69) is 222 Å². The molecule has 10 aromatic rings. The van der Waals surface area contributed by atoms with Gasteiger partial charge < -0.3 is 0 Å². The molecule has 0 aromatic heterocycles. The van der Waals surface area contributed by atoms with Crippen LogP contribution in [0.25, 0.3) is 99.1 Å². The summed E-state index contributed by atoms with van der Waals surface area (Å²) in [5.41, 5.74) is 20.8. The van der Waals surface area contributed by atoms with E-state index in [0.29, 0.717) is 0 Å². The molecule has 12 rings (SSSR count). The van der Waals surface area contributed by atoms with Crippen LogP contribution in [0.5, 0.6) is 0 Å². The minimum Gasteiger partial charge on any atom is -0.0622 e. The van der Waals surface area contributed by atoms with Crippen LogP contribution in [-0.2, 0) is 10.8 Å². The summed E-state index contributed by atoms with van der Waals surface area (Å²) in [6, 6.07) is 73.2. The maximum absolute atomic E-state index is 2.51. The van der Waals surface area contributed by atoms with Crippen molar-refractivity contribution in [2.45, 2.75) is 38.5 Å². The number of benzene rings is 10. The fourth-order valence-electron chi connectivity index (χ4n) is 11.0. The summed E-state index contributed by atoms with van der Waals surface area (Å²) in [5.74, 6) is 0. The third-order valence-electron chi connectivity index (χ3n) is 14.1. The van der Waals surface area contributed by atoms with Gasteiger partial charge in [0.1, 0.15) is 0 Å². The van der Waals surface area contributed by atoms with Crippen molar-refractivity contribution in [3.05, 3.63) is 216 Å². The lowest BCUT2D eigenvalue weighted by atomic mass is 9.79. The number of hydrogen-bond acceptors (Lipinski definition) is 0. The normalized spacial score (nSPS) is 14.3. The topological polar surface area (TPSA) is 0 Å². The second kappa shape index (κ2) is 12.7. The van der Waals surface area contributed by atoms with Gasteiger partial charge in [0.25, 0.3) is 0 Å². The van der Waals surface area contributed by atoms with Gasteiger partial charge in [-0.3, -0.25) is 0 Å². The maximum Gasteiger partial charge on any atom is 0.0159 e. The van der Waals surface area contributed by atoms with Crippen molar-refractivity contribution in [2.75, 3.05) is 0 Å². The minimum absolute atomic E-state index is 0.0515. The molecule has 0 aliphatic heterocycles. The second-order valence-corrected chi connectivity index (χ2v) is 18.0. The summed E-state index contributed by atoms with van der Waals surface area (Å²) in [4.78, 5) is 0. The minimum atomic E-state index is -0.160. The van der Waals surface area contributed by atoms with Crippen LogP contribution in [0, 0.1) is 0 Å². The van der Waals surface area contributed by atoms with Gasteiger partial charge in [-0.25, -0.2) is 0 Å². The Morgan fingerprint density at radius 3 is 1.53 bits per heavy atom. The molecule has 0 bridgehead atoms. The zero-order chi connectivity index (χ0) is 40.3. The van der Waals surface area contributed by atoms with E-state index >= 15 is 0 Å². The average Bonchev–Trinajstić information content (AvgIpc) is 3.66. The Morgan fingerprint density at radius 2 is 0.750 bits per heavy atom. The van der Waals surface area contributed by atoms with E-state index in [1.54, 1.807) is 0 Å². The van der Waals surface area contributed by atoms with Gasteiger partial charge in [-0.2, -0.15) is 0 Å².